The first-order valence-corrected chi connectivity index (χ1v) is 19.9. The summed E-state index contributed by atoms with van der Waals surface area (Å²) < 4.78 is 110. The SMILES string of the molecule is CCCS(=O)(=O)Nc1ccc(F)c(C(=O)c2c[nH]c3ncc(Br)nc23)c1F.[C-]#[N+]c1cnc2[nH]cc(C(=O)c3c(F)ccc(NS(=O)(=O)CCC)c3F)c2n1. The molecule has 286 valence electrons. The van der Waals surface area contributed by atoms with E-state index < -0.39 is 77.4 Å². The van der Waals surface area contributed by atoms with Gasteiger partial charge in [0.25, 0.3) is 5.82 Å². The molecule has 6 rings (SSSR count). The number of fused-ring (bicyclic) bond motifs is 2. The van der Waals surface area contributed by atoms with Gasteiger partial charge in [0.1, 0.15) is 21.8 Å². The predicted molar refractivity (Wildman–Crippen MR) is 197 cm³/mol. The Morgan fingerprint density at radius 2 is 1.18 bits per heavy atom. The third-order valence-electron chi connectivity index (χ3n) is 7.44. The number of H-pyrrole nitrogens is 2. The Labute approximate surface area is 318 Å². The van der Waals surface area contributed by atoms with Gasteiger partial charge in [-0.1, -0.05) is 20.4 Å². The van der Waals surface area contributed by atoms with E-state index in [2.05, 4.69) is 50.7 Å². The van der Waals surface area contributed by atoms with Gasteiger partial charge in [-0.2, -0.15) is 0 Å². The lowest BCUT2D eigenvalue weighted by Gasteiger charge is -2.11. The van der Waals surface area contributed by atoms with Crippen molar-refractivity contribution in [3.63, 3.8) is 0 Å². The number of halogens is 5. The Morgan fingerprint density at radius 1 is 0.745 bits per heavy atom. The monoisotopic (exact) mass is 863 g/mol. The molecule has 0 radical (unpaired) electrons. The molecule has 0 saturated carbocycles. The third kappa shape index (κ3) is 8.79. The number of sulfonamides is 2. The number of aromatic amines is 2. The molecule has 22 heteroatoms. The van der Waals surface area contributed by atoms with Crippen molar-refractivity contribution in [1.29, 1.82) is 0 Å². The van der Waals surface area contributed by atoms with Crippen molar-refractivity contribution in [3.8, 4) is 0 Å². The Kier molecular flexibility index (Phi) is 12.0. The highest BCUT2D eigenvalue weighted by atomic mass is 79.9. The van der Waals surface area contributed by atoms with Crippen LogP contribution in [0.25, 0.3) is 27.2 Å². The number of hydrogen-bond acceptors (Lipinski definition) is 10. The summed E-state index contributed by atoms with van der Waals surface area (Å²) in [6.07, 6.45) is 5.61. The highest BCUT2D eigenvalue weighted by Crippen LogP contribution is 2.29. The van der Waals surface area contributed by atoms with Gasteiger partial charge in [0, 0.05) is 12.4 Å². The quantitative estimate of drug-likeness (QED) is 0.0591. The molecule has 0 unspecified atom stereocenters. The van der Waals surface area contributed by atoms with Crippen molar-refractivity contribution in [2.75, 3.05) is 20.9 Å². The van der Waals surface area contributed by atoms with Gasteiger partial charge in [-0.15, -0.1) is 4.98 Å². The van der Waals surface area contributed by atoms with Gasteiger partial charge in [-0.3, -0.25) is 19.0 Å². The minimum Gasteiger partial charge on any atom is -0.359 e. The molecule has 0 amide bonds. The second-order valence-corrected chi connectivity index (χ2v) is 15.9. The van der Waals surface area contributed by atoms with Crippen LogP contribution in [0.5, 0.6) is 0 Å². The molecular weight excluding hydrogens is 838 g/mol. The van der Waals surface area contributed by atoms with Crippen LogP contribution in [-0.2, 0) is 20.0 Å². The number of carbonyl (C=O) groups is 2. The first-order valence-electron chi connectivity index (χ1n) is 15.8. The average Bonchev–Trinajstić information content (AvgIpc) is 3.75. The molecule has 0 aliphatic rings. The number of nitrogens with zero attached hydrogens (tertiary/aromatic N) is 5. The van der Waals surface area contributed by atoms with Gasteiger partial charge < -0.3 is 14.8 Å². The molecule has 6 aromatic rings. The Bertz CT molecular complexity index is 2760. The van der Waals surface area contributed by atoms with Crippen LogP contribution in [0.3, 0.4) is 0 Å². The minimum atomic E-state index is -3.85. The van der Waals surface area contributed by atoms with E-state index in [0.717, 1.165) is 24.3 Å². The topological polar surface area (TPSA) is 214 Å². The van der Waals surface area contributed by atoms with Crippen molar-refractivity contribution in [2.24, 2.45) is 0 Å². The Hall–Kier alpha value is -5.79. The number of ketones is 2. The zero-order valence-corrected chi connectivity index (χ0v) is 31.6. The van der Waals surface area contributed by atoms with Gasteiger partial charge in [-0.25, -0.2) is 49.3 Å². The van der Waals surface area contributed by atoms with Gasteiger partial charge in [0.05, 0.1) is 57.5 Å². The number of rotatable bonds is 12. The van der Waals surface area contributed by atoms with Crippen LogP contribution in [0.1, 0.15) is 58.5 Å². The molecule has 55 heavy (non-hydrogen) atoms. The molecule has 0 bridgehead atoms. The molecule has 0 spiro atoms. The summed E-state index contributed by atoms with van der Waals surface area (Å²) in [5.41, 5.74) is -2.60. The van der Waals surface area contributed by atoms with E-state index in [1.165, 1.54) is 24.8 Å². The summed E-state index contributed by atoms with van der Waals surface area (Å²) >= 11 is 3.12. The Balaban J connectivity index is 0.000000211. The highest BCUT2D eigenvalue weighted by Gasteiger charge is 2.28. The van der Waals surface area contributed by atoms with E-state index in [4.69, 9.17) is 6.57 Å². The maximum absolute atomic E-state index is 14.8. The van der Waals surface area contributed by atoms with E-state index in [9.17, 15) is 44.0 Å². The number of anilines is 2. The maximum Gasteiger partial charge on any atom is 0.288 e. The lowest BCUT2D eigenvalue weighted by atomic mass is 10.0. The maximum atomic E-state index is 14.8. The summed E-state index contributed by atoms with van der Waals surface area (Å²) in [5, 5.41) is 0. The number of nitrogens with one attached hydrogen (secondary N) is 4. The molecule has 0 saturated heterocycles. The van der Waals surface area contributed by atoms with E-state index in [0.29, 0.717) is 17.4 Å². The molecule has 0 fully saturated rings. The van der Waals surface area contributed by atoms with E-state index >= 15 is 0 Å². The van der Waals surface area contributed by atoms with Crippen molar-refractivity contribution in [2.45, 2.75) is 26.7 Å². The molecule has 2 aromatic carbocycles. The lowest BCUT2D eigenvalue weighted by molar-refractivity contribution is 0.102. The van der Waals surface area contributed by atoms with Crippen molar-refractivity contribution >= 4 is 87.1 Å². The van der Waals surface area contributed by atoms with Crippen LogP contribution < -0.4 is 9.44 Å². The van der Waals surface area contributed by atoms with Gasteiger partial charge in [0.15, 0.2) is 22.9 Å². The largest absolute Gasteiger partial charge is 0.359 e. The molecule has 0 aliphatic heterocycles. The second kappa shape index (κ2) is 16.3. The average molecular weight is 865 g/mol. The standard InChI is InChI=1S/C17H13F2N5O3S.C16H13BrF2N4O3S/c1-3-6-28(26,27)24-11-5-4-10(18)13(14(11)19)16(25)9-7-21-17-15(9)23-12(20-2)8-22-17;1-2-5-27(25,26)23-10-4-3-9(18)12(13(10)19)15(24)8-6-20-16-14(8)22-11(17)7-21-16/h4-5,7-8,24H,3,6H2,1H3,(H,21,22);3-4,6-7,23H,2,5H2,1H3,(H,20,21). The van der Waals surface area contributed by atoms with Gasteiger partial charge >= 0.3 is 0 Å². The molecule has 0 atom stereocenters. The van der Waals surface area contributed by atoms with Crippen molar-refractivity contribution in [1.82, 2.24) is 29.9 Å². The zero-order valence-electron chi connectivity index (χ0n) is 28.3. The summed E-state index contributed by atoms with van der Waals surface area (Å²) in [6, 6.07) is 3.46. The fourth-order valence-corrected chi connectivity index (χ4v) is 7.62. The molecule has 4 aromatic heterocycles. The molecule has 15 nitrogen and oxygen atoms in total. The molecule has 0 aliphatic carbocycles. The number of benzene rings is 2. The van der Waals surface area contributed by atoms with Crippen LogP contribution in [0.4, 0.5) is 34.8 Å². The highest BCUT2D eigenvalue weighted by molar-refractivity contribution is 9.10. The summed E-state index contributed by atoms with van der Waals surface area (Å²) in [5.74, 6) is -7.55. The second-order valence-electron chi connectivity index (χ2n) is 11.4. The van der Waals surface area contributed by atoms with Crippen LogP contribution in [0.2, 0.25) is 0 Å². The summed E-state index contributed by atoms with van der Waals surface area (Å²) in [6.45, 7) is 10.2. The lowest BCUT2D eigenvalue weighted by Crippen LogP contribution is -2.18. The first kappa shape index (κ1) is 40.4. The number of carbonyl (C=O) groups excluding carboxylic acids is 2. The predicted octanol–water partition coefficient (Wildman–Crippen LogP) is 6.55. The minimum absolute atomic E-state index is 0.0192. The smallest absolute Gasteiger partial charge is 0.288 e. The normalized spacial score (nSPS) is 11.5. The van der Waals surface area contributed by atoms with E-state index in [1.54, 1.807) is 13.8 Å². The first-order chi connectivity index (χ1) is 26.0. The zero-order chi connectivity index (χ0) is 40.2. The van der Waals surface area contributed by atoms with Crippen LogP contribution >= 0.6 is 15.9 Å². The Morgan fingerprint density at radius 3 is 1.62 bits per heavy atom. The summed E-state index contributed by atoms with van der Waals surface area (Å²) in [4.78, 5) is 50.0. The molecule has 4 heterocycles. The van der Waals surface area contributed by atoms with Crippen LogP contribution in [0, 0.1) is 29.8 Å². The van der Waals surface area contributed by atoms with Crippen molar-refractivity contribution in [3.05, 3.63) is 111 Å². The fraction of sp³-hybridized carbons (Fsp3) is 0.182. The summed E-state index contributed by atoms with van der Waals surface area (Å²) in [7, 11) is -7.66. The van der Waals surface area contributed by atoms with E-state index in [1.807, 2.05) is 9.44 Å². The van der Waals surface area contributed by atoms with Crippen LogP contribution in [0.15, 0.2) is 53.7 Å². The molecular formula is C33H26BrF4N9O6S2. The third-order valence-corrected chi connectivity index (χ3v) is 10.8. The number of hydrogen-bond donors (Lipinski definition) is 4. The molecule has 4 N–H and O–H groups in total. The van der Waals surface area contributed by atoms with Crippen LogP contribution in [-0.4, -0.2) is 69.8 Å². The number of aromatic nitrogens is 6. The fourth-order valence-electron chi connectivity index (χ4n) is 5.07. The van der Waals surface area contributed by atoms with E-state index in [-0.39, 0.29) is 50.8 Å². The van der Waals surface area contributed by atoms with Gasteiger partial charge in [-0.05, 0) is 53.0 Å². The van der Waals surface area contributed by atoms with Gasteiger partial charge in [0.2, 0.25) is 37.1 Å². The van der Waals surface area contributed by atoms with Crippen molar-refractivity contribution < 1.29 is 44.0 Å².